The molecule has 0 aromatic carbocycles. The molecule has 0 aliphatic carbocycles. The average molecular weight is 261 g/mol. The van der Waals surface area contributed by atoms with Crippen LogP contribution in [0.2, 0.25) is 0 Å². The van der Waals surface area contributed by atoms with Gasteiger partial charge in [0.15, 0.2) is 5.82 Å². The molecule has 0 atom stereocenters. The molecule has 18 heavy (non-hydrogen) atoms. The quantitative estimate of drug-likeness (QED) is 0.871. The number of nitrogen functional groups attached to an aromatic ring is 1. The lowest BCUT2D eigenvalue weighted by Gasteiger charge is -2.07. The molecule has 1 rings (SSSR count). The first-order chi connectivity index (χ1) is 8.26. The smallest absolute Gasteiger partial charge is 0.383 e. The first kappa shape index (κ1) is 14.2. The van der Waals surface area contributed by atoms with Gasteiger partial charge in [-0.3, -0.25) is 0 Å². The standard InChI is InChI=1S/C10H14F3N5/c1-6(2)18-8(15)7(5-14)9(17-18)16-4-3-10(11,12)13/h6H,3-4,15H2,1-2H3,(H,16,17). The molecule has 0 radical (unpaired) electrons. The molecular formula is C10H14F3N5. The number of halogens is 3. The molecule has 0 amide bonds. The van der Waals surface area contributed by atoms with Crippen molar-refractivity contribution < 1.29 is 13.2 Å². The highest BCUT2D eigenvalue weighted by molar-refractivity contribution is 5.63. The van der Waals surface area contributed by atoms with E-state index in [1.807, 2.05) is 19.9 Å². The second-order valence-electron chi connectivity index (χ2n) is 4.05. The highest BCUT2D eigenvalue weighted by Crippen LogP contribution is 2.25. The zero-order valence-electron chi connectivity index (χ0n) is 10.0. The Morgan fingerprint density at radius 3 is 2.56 bits per heavy atom. The first-order valence-corrected chi connectivity index (χ1v) is 5.35. The number of anilines is 2. The normalized spacial score (nSPS) is 11.6. The maximum atomic E-state index is 12.0. The van der Waals surface area contributed by atoms with E-state index in [1.165, 1.54) is 4.68 Å². The van der Waals surface area contributed by atoms with E-state index in [0.29, 0.717) is 0 Å². The summed E-state index contributed by atoms with van der Waals surface area (Å²) in [7, 11) is 0. The fraction of sp³-hybridized carbons (Fsp3) is 0.600. The molecule has 0 saturated heterocycles. The zero-order valence-corrected chi connectivity index (χ0v) is 10.0. The number of nitrogens with two attached hydrogens (primary N) is 1. The first-order valence-electron chi connectivity index (χ1n) is 5.35. The molecule has 100 valence electrons. The summed E-state index contributed by atoms with van der Waals surface area (Å²) < 4.78 is 37.4. The zero-order chi connectivity index (χ0) is 13.9. The minimum absolute atomic E-state index is 0.0738. The van der Waals surface area contributed by atoms with E-state index in [1.54, 1.807) is 0 Å². The average Bonchev–Trinajstić information content (AvgIpc) is 2.53. The Morgan fingerprint density at radius 2 is 2.11 bits per heavy atom. The monoisotopic (exact) mass is 261 g/mol. The molecule has 1 aromatic rings. The van der Waals surface area contributed by atoms with Crippen LogP contribution in [-0.4, -0.2) is 22.5 Å². The number of aromatic nitrogens is 2. The summed E-state index contributed by atoms with van der Waals surface area (Å²) in [5, 5.41) is 15.4. The van der Waals surface area contributed by atoms with E-state index in [4.69, 9.17) is 11.0 Å². The van der Waals surface area contributed by atoms with Gasteiger partial charge in [0.25, 0.3) is 0 Å². The van der Waals surface area contributed by atoms with Crippen molar-refractivity contribution in [3.05, 3.63) is 5.56 Å². The minimum atomic E-state index is -4.24. The highest BCUT2D eigenvalue weighted by Gasteiger charge is 2.27. The summed E-state index contributed by atoms with van der Waals surface area (Å²) in [4.78, 5) is 0. The third-order valence-corrected chi connectivity index (χ3v) is 2.25. The topological polar surface area (TPSA) is 79.7 Å². The van der Waals surface area contributed by atoms with Crippen molar-refractivity contribution in [3.63, 3.8) is 0 Å². The second-order valence-corrected chi connectivity index (χ2v) is 4.05. The van der Waals surface area contributed by atoms with Crippen LogP contribution in [0.15, 0.2) is 0 Å². The fourth-order valence-corrected chi connectivity index (χ4v) is 1.40. The predicted octanol–water partition coefficient (Wildman–Crippen LogP) is 2.28. The maximum Gasteiger partial charge on any atom is 0.390 e. The molecule has 0 spiro atoms. The van der Waals surface area contributed by atoms with Crippen LogP contribution < -0.4 is 11.1 Å². The lowest BCUT2D eigenvalue weighted by Crippen LogP contribution is -2.15. The second kappa shape index (κ2) is 5.16. The number of rotatable bonds is 4. The summed E-state index contributed by atoms with van der Waals surface area (Å²) >= 11 is 0. The molecule has 0 bridgehead atoms. The van der Waals surface area contributed by atoms with Gasteiger partial charge in [-0.2, -0.15) is 23.5 Å². The van der Waals surface area contributed by atoms with Gasteiger partial charge in [-0.25, -0.2) is 4.68 Å². The van der Waals surface area contributed by atoms with Crippen LogP contribution in [-0.2, 0) is 0 Å². The number of nitriles is 1. The van der Waals surface area contributed by atoms with E-state index < -0.39 is 12.6 Å². The molecule has 0 saturated carbocycles. The highest BCUT2D eigenvalue weighted by atomic mass is 19.4. The Kier molecular flexibility index (Phi) is 4.06. The Hall–Kier alpha value is -1.91. The number of nitrogens with one attached hydrogen (secondary N) is 1. The van der Waals surface area contributed by atoms with E-state index >= 15 is 0 Å². The number of alkyl halides is 3. The third kappa shape index (κ3) is 3.29. The van der Waals surface area contributed by atoms with Crippen LogP contribution in [0, 0.1) is 11.3 Å². The van der Waals surface area contributed by atoms with E-state index in [0.717, 1.165) is 0 Å². The van der Waals surface area contributed by atoms with Crippen molar-refractivity contribution in [2.24, 2.45) is 0 Å². The van der Waals surface area contributed by atoms with E-state index in [-0.39, 0.29) is 29.8 Å². The molecule has 1 heterocycles. The van der Waals surface area contributed by atoms with Gasteiger partial charge in [-0.15, -0.1) is 0 Å². The molecule has 0 aliphatic rings. The van der Waals surface area contributed by atoms with Crippen molar-refractivity contribution in [1.82, 2.24) is 9.78 Å². The minimum Gasteiger partial charge on any atom is -0.383 e. The van der Waals surface area contributed by atoms with Gasteiger partial charge in [-0.1, -0.05) is 0 Å². The van der Waals surface area contributed by atoms with Crippen molar-refractivity contribution in [3.8, 4) is 6.07 Å². The van der Waals surface area contributed by atoms with Gasteiger partial charge < -0.3 is 11.1 Å². The Morgan fingerprint density at radius 1 is 1.50 bits per heavy atom. The van der Waals surface area contributed by atoms with E-state index in [9.17, 15) is 13.2 Å². The van der Waals surface area contributed by atoms with Gasteiger partial charge in [0.05, 0.1) is 6.42 Å². The van der Waals surface area contributed by atoms with Gasteiger partial charge in [0, 0.05) is 12.6 Å². The van der Waals surface area contributed by atoms with Gasteiger partial charge in [0.2, 0.25) is 0 Å². The lowest BCUT2D eigenvalue weighted by atomic mass is 10.3. The predicted molar refractivity (Wildman–Crippen MR) is 60.9 cm³/mol. The van der Waals surface area contributed by atoms with Gasteiger partial charge in [-0.05, 0) is 13.8 Å². The van der Waals surface area contributed by atoms with E-state index in [2.05, 4.69) is 10.4 Å². The Labute approximate surface area is 102 Å². The van der Waals surface area contributed by atoms with Crippen LogP contribution in [0.3, 0.4) is 0 Å². The molecule has 0 aliphatic heterocycles. The summed E-state index contributed by atoms with van der Waals surface area (Å²) in [5.41, 5.74) is 5.76. The SMILES string of the molecule is CC(C)n1nc(NCCC(F)(F)F)c(C#N)c1N. The van der Waals surface area contributed by atoms with Crippen LogP contribution in [0.5, 0.6) is 0 Å². The number of hydrogen-bond donors (Lipinski definition) is 2. The van der Waals surface area contributed by atoms with Crippen LogP contribution >= 0.6 is 0 Å². The molecule has 0 unspecified atom stereocenters. The van der Waals surface area contributed by atoms with Crippen molar-refractivity contribution in [2.75, 3.05) is 17.6 Å². The lowest BCUT2D eigenvalue weighted by molar-refractivity contribution is -0.131. The Balaban J connectivity index is 2.84. The van der Waals surface area contributed by atoms with Crippen LogP contribution in [0.4, 0.5) is 24.8 Å². The molecule has 5 nitrogen and oxygen atoms in total. The maximum absolute atomic E-state index is 12.0. The van der Waals surface area contributed by atoms with Crippen molar-refractivity contribution >= 4 is 11.6 Å². The van der Waals surface area contributed by atoms with Crippen LogP contribution in [0.1, 0.15) is 31.9 Å². The van der Waals surface area contributed by atoms with Gasteiger partial charge >= 0.3 is 6.18 Å². The molecule has 3 N–H and O–H groups in total. The summed E-state index contributed by atoms with van der Waals surface area (Å²) in [6, 6.07) is 1.76. The summed E-state index contributed by atoms with van der Waals surface area (Å²) in [6.07, 6.45) is -5.24. The molecule has 8 heteroatoms. The number of hydrogen-bond acceptors (Lipinski definition) is 4. The fourth-order valence-electron chi connectivity index (χ4n) is 1.40. The summed E-state index contributed by atoms with van der Waals surface area (Å²) in [6.45, 7) is 3.28. The molecule has 0 fully saturated rings. The summed E-state index contributed by atoms with van der Waals surface area (Å²) in [5.74, 6) is 0.245. The largest absolute Gasteiger partial charge is 0.390 e. The molecular weight excluding hydrogens is 247 g/mol. The van der Waals surface area contributed by atoms with Crippen molar-refractivity contribution in [1.29, 1.82) is 5.26 Å². The third-order valence-electron chi connectivity index (χ3n) is 2.25. The van der Waals surface area contributed by atoms with Crippen LogP contribution in [0.25, 0.3) is 0 Å². The Bertz CT molecular complexity index is 455. The van der Waals surface area contributed by atoms with Crippen molar-refractivity contribution in [2.45, 2.75) is 32.5 Å². The number of nitrogens with zero attached hydrogens (tertiary/aromatic N) is 3. The van der Waals surface area contributed by atoms with Gasteiger partial charge in [0.1, 0.15) is 17.5 Å². The molecule has 1 aromatic heterocycles.